The number of carbonyl (C=O) groups is 2. The van der Waals surface area contributed by atoms with Gasteiger partial charge >= 0.3 is 6.03 Å². The monoisotopic (exact) mass is 319 g/mol. The van der Waals surface area contributed by atoms with E-state index in [9.17, 15) is 9.59 Å². The van der Waals surface area contributed by atoms with Crippen LogP contribution in [-0.4, -0.2) is 66.0 Å². The molecule has 23 heavy (non-hydrogen) atoms. The molecule has 1 saturated heterocycles. The van der Waals surface area contributed by atoms with Crippen molar-refractivity contribution in [3.63, 3.8) is 0 Å². The lowest BCUT2D eigenvalue weighted by Gasteiger charge is -2.34. The third-order valence-corrected chi connectivity index (χ3v) is 4.10. The highest BCUT2D eigenvalue weighted by Gasteiger charge is 2.22. The summed E-state index contributed by atoms with van der Waals surface area (Å²) in [5.41, 5.74) is 0.680. The van der Waals surface area contributed by atoms with Crippen molar-refractivity contribution >= 4 is 23.4 Å². The summed E-state index contributed by atoms with van der Waals surface area (Å²) in [6.07, 6.45) is 1.68. The van der Waals surface area contributed by atoms with Crippen LogP contribution in [0.25, 0.3) is 0 Å². The second-order valence-corrected chi connectivity index (χ2v) is 5.50. The molecular weight excluding hydrogens is 294 g/mol. The second-order valence-electron chi connectivity index (χ2n) is 5.50. The molecule has 1 aromatic rings. The van der Waals surface area contributed by atoms with Gasteiger partial charge in [0, 0.05) is 46.2 Å². The van der Waals surface area contributed by atoms with Crippen molar-refractivity contribution in [3.8, 4) is 0 Å². The molecule has 7 nitrogen and oxygen atoms in total. The van der Waals surface area contributed by atoms with Gasteiger partial charge in [-0.05, 0) is 26.0 Å². The lowest BCUT2D eigenvalue weighted by molar-refractivity contribution is -0.130. The van der Waals surface area contributed by atoms with Gasteiger partial charge in [-0.2, -0.15) is 0 Å². The quantitative estimate of drug-likeness (QED) is 0.916. The predicted octanol–water partition coefficient (Wildman–Crippen LogP) is 1.62. The van der Waals surface area contributed by atoms with E-state index in [1.807, 2.05) is 12.1 Å². The Kier molecular flexibility index (Phi) is 5.78. The standard InChI is InChI=1S/C16H25N5O2/c1-4-19(5-2)15-7-6-14(12-17-15)18-16(23)21-10-8-20(9-11-21)13(3)22/h6-7,12H,4-5,8-11H2,1-3H3,(H,18,23). The minimum absolute atomic E-state index is 0.0567. The summed E-state index contributed by atoms with van der Waals surface area (Å²) in [6.45, 7) is 9.80. The van der Waals surface area contributed by atoms with E-state index in [0.717, 1.165) is 18.9 Å². The normalized spacial score (nSPS) is 14.6. The maximum Gasteiger partial charge on any atom is 0.322 e. The fourth-order valence-electron chi connectivity index (χ4n) is 2.62. The van der Waals surface area contributed by atoms with Crippen LogP contribution in [0.2, 0.25) is 0 Å². The Balaban J connectivity index is 1.89. The number of hydrogen-bond acceptors (Lipinski definition) is 4. The smallest absolute Gasteiger partial charge is 0.322 e. The summed E-state index contributed by atoms with van der Waals surface area (Å²) in [4.78, 5) is 33.6. The van der Waals surface area contributed by atoms with Gasteiger partial charge in [-0.3, -0.25) is 4.79 Å². The lowest BCUT2D eigenvalue weighted by atomic mass is 10.3. The molecule has 0 aromatic carbocycles. The summed E-state index contributed by atoms with van der Waals surface area (Å²) in [5.74, 6) is 0.962. The topological polar surface area (TPSA) is 68.8 Å². The van der Waals surface area contributed by atoms with Crippen LogP contribution in [-0.2, 0) is 4.79 Å². The SMILES string of the molecule is CCN(CC)c1ccc(NC(=O)N2CCN(C(C)=O)CC2)cn1. The summed E-state index contributed by atoms with van der Waals surface area (Å²) in [5, 5.41) is 2.86. The molecule has 0 spiro atoms. The molecule has 1 aliphatic rings. The van der Waals surface area contributed by atoms with Gasteiger partial charge in [-0.25, -0.2) is 9.78 Å². The van der Waals surface area contributed by atoms with E-state index >= 15 is 0 Å². The molecule has 1 N–H and O–H groups in total. The molecule has 0 atom stereocenters. The highest BCUT2D eigenvalue weighted by molar-refractivity contribution is 5.89. The number of carbonyl (C=O) groups excluding carboxylic acids is 2. The summed E-state index contributed by atoms with van der Waals surface area (Å²) >= 11 is 0. The van der Waals surface area contributed by atoms with Crippen LogP contribution in [0, 0.1) is 0 Å². The lowest BCUT2D eigenvalue weighted by Crippen LogP contribution is -2.51. The minimum Gasteiger partial charge on any atom is -0.357 e. The fraction of sp³-hybridized carbons (Fsp3) is 0.562. The zero-order valence-electron chi connectivity index (χ0n) is 14.1. The summed E-state index contributed by atoms with van der Waals surface area (Å²) in [7, 11) is 0. The van der Waals surface area contributed by atoms with Gasteiger partial charge in [-0.1, -0.05) is 0 Å². The summed E-state index contributed by atoms with van der Waals surface area (Å²) in [6, 6.07) is 3.63. The highest BCUT2D eigenvalue weighted by Crippen LogP contribution is 2.14. The number of piperazine rings is 1. The zero-order chi connectivity index (χ0) is 16.8. The molecule has 0 bridgehead atoms. The van der Waals surface area contributed by atoms with Crippen molar-refractivity contribution in [2.75, 3.05) is 49.5 Å². The molecule has 1 aliphatic heterocycles. The number of pyridine rings is 1. The van der Waals surface area contributed by atoms with E-state index in [0.29, 0.717) is 31.9 Å². The Bertz CT molecular complexity index is 534. The first-order valence-electron chi connectivity index (χ1n) is 8.07. The maximum atomic E-state index is 12.2. The van der Waals surface area contributed by atoms with Crippen LogP contribution >= 0.6 is 0 Å². The van der Waals surface area contributed by atoms with Crippen LogP contribution in [0.5, 0.6) is 0 Å². The number of anilines is 2. The van der Waals surface area contributed by atoms with Crippen LogP contribution in [0.4, 0.5) is 16.3 Å². The fourth-order valence-corrected chi connectivity index (χ4v) is 2.62. The molecule has 0 unspecified atom stereocenters. The van der Waals surface area contributed by atoms with Gasteiger partial charge in [-0.15, -0.1) is 0 Å². The number of amides is 3. The molecule has 2 rings (SSSR count). The van der Waals surface area contributed by atoms with Crippen molar-refractivity contribution in [2.24, 2.45) is 0 Å². The average molecular weight is 319 g/mol. The number of hydrogen-bond donors (Lipinski definition) is 1. The zero-order valence-corrected chi connectivity index (χ0v) is 14.1. The van der Waals surface area contributed by atoms with Gasteiger partial charge in [0.15, 0.2) is 0 Å². The Hall–Kier alpha value is -2.31. The third kappa shape index (κ3) is 4.34. The molecule has 126 valence electrons. The maximum absolute atomic E-state index is 12.2. The first kappa shape index (κ1) is 17.1. The summed E-state index contributed by atoms with van der Waals surface area (Å²) < 4.78 is 0. The van der Waals surface area contributed by atoms with Gasteiger partial charge < -0.3 is 20.0 Å². The number of nitrogens with zero attached hydrogens (tertiary/aromatic N) is 4. The van der Waals surface area contributed by atoms with Crippen molar-refractivity contribution in [1.82, 2.24) is 14.8 Å². The van der Waals surface area contributed by atoms with Crippen LogP contribution in [0.15, 0.2) is 18.3 Å². The van der Waals surface area contributed by atoms with E-state index in [4.69, 9.17) is 0 Å². The number of rotatable bonds is 4. The second kappa shape index (κ2) is 7.80. The molecule has 0 aliphatic carbocycles. The molecule has 1 aromatic heterocycles. The van der Waals surface area contributed by atoms with Crippen LogP contribution < -0.4 is 10.2 Å². The molecule has 7 heteroatoms. The van der Waals surface area contributed by atoms with Crippen molar-refractivity contribution in [2.45, 2.75) is 20.8 Å². The van der Waals surface area contributed by atoms with E-state index in [2.05, 4.69) is 29.0 Å². The third-order valence-electron chi connectivity index (χ3n) is 4.10. The van der Waals surface area contributed by atoms with Gasteiger partial charge in [0.1, 0.15) is 5.82 Å². The number of aromatic nitrogens is 1. The van der Waals surface area contributed by atoms with Crippen molar-refractivity contribution in [3.05, 3.63) is 18.3 Å². The number of nitrogens with one attached hydrogen (secondary N) is 1. The van der Waals surface area contributed by atoms with Gasteiger partial charge in [0.2, 0.25) is 5.91 Å². The van der Waals surface area contributed by atoms with Crippen LogP contribution in [0.1, 0.15) is 20.8 Å². The van der Waals surface area contributed by atoms with Crippen molar-refractivity contribution in [1.29, 1.82) is 0 Å². The molecule has 2 heterocycles. The number of urea groups is 1. The predicted molar refractivity (Wildman–Crippen MR) is 90.6 cm³/mol. The molecule has 0 saturated carbocycles. The Morgan fingerprint density at radius 1 is 1.13 bits per heavy atom. The van der Waals surface area contributed by atoms with E-state index < -0.39 is 0 Å². The molecule has 1 fully saturated rings. The van der Waals surface area contributed by atoms with Crippen LogP contribution in [0.3, 0.4) is 0 Å². The first-order chi connectivity index (χ1) is 11.0. The van der Waals surface area contributed by atoms with E-state index in [1.54, 1.807) is 22.9 Å². The highest BCUT2D eigenvalue weighted by atomic mass is 16.2. The van der Waals surface area contributed by atoms with Gasteiger partial charge in [0.05, 0.1) is 11.9 Å². The van der Waals surface area contributed by atoms with E-state index in [1.165, 1.54) is 0 Å². The van der Waals surface area contributed by atoms with E-state index in [-0.39, 0.29) is 11.9 Å². The average Bonchev–Trinajstić information content (AvgIpc) is 2.57. The Morgan fingerprint density at radius 3 is 2.22 bits per heavy atom. The molecule has 0 radical (unpaired) electrons. The first-order valence-corrected chi connectivity index (χ1v) is 8.07. The molecule has 3 amide bonds. The Labute approximate surface area is 137 Å². The Morgan fingerprint density at radius 2 is 1.74 bits per heavy atom. The molecular formula is C16H25N5O2. The minimum atomic E-state index is -0.148. The van der Waals surface area contributed by atoms with Gasteiger partial charge in [0.25, 0.3) is 0 Å². The largest absolute Gasteiger partial charge is 0.357 e. The van der Waals surface area contributed by atoms with Crippen molar-refractivity contribution < 1.29 is 9.59 Å².